The Morgan fingerprint density at radius 3 is 2.42 bits per heavy atom. The summed E-state index contributed by atoms with van der Waals surface area (Å²) in [6.07, 6.45) is 0. The largest absolute Gasteiger partial charge is 0.383 e. The fraction of sp³-hybridized carbons (Fsp3) is 0.500. The molecular weight excluding hydrogens is 308 g/mol. The van der Waals surface area contributed by atoms with Gasteiger partial charge in [0.2, 0.25) is 0 Å². The number of methoxy groups -OCH3 is 1. The number of benzene rings is 1. The highest BCUT2D eigenvalue weighted by molar-refractivity contribution is 9.10. The normalized spacial score (nSPS) is 16.6. The van der Waals surface area contributed by atoms with Gasteiger partial charge in [0.25, 0.3) is 5.91 Å². The van der Waals surface area contributed by atoms with Gasteiger partial charge in [-0.15, -0.1) is 0 Å². The molecule has 0 atom stereocenters. The summed E-state index contributed by atoms with van der Waals surface area (Å²) in [7, 11) is 1.72. The molecule has 4 nitrogen and oxygen atoms in total. The number of carbonyl (C=O) groups is 1. The van der Waals surface area contributed by atoms with Crippen molar-refractivity contribution in [3.63, 3.8) is 0 Å². The van der Waals surface area contributed by atoms with Crippen LogP contribution in [-0.2, 0) is 4.74 Å². The van der Waals surface area contributed by atoms with Crippen molar-refractivity contribution in [3.8, 4) is 0 Å². The maximum absolute atomic E-state index is 12.3. The molecule has 0 radical (unpaired) electrons. The van der Waals surface area contributed by atoms with E-state index in [1.165, 1.54) is 0 Å². The van der Waals surface area contributed by atoms with Crippen LogP contribution in [0.5, 0.6) is 0 Å². The molecule has 104 valence electrons. The summed E-state index contributed by atoms with van der Waals surface area (Å²) in [6.45, 7) is 5.12. The van der Waals surface area contributed by atoms with Crippen LogP contribution in [-0.4, -0.2) is 62.1 Å². The number of carbonyl (C=O) groups excluding carboxylic acids is 1. The van der Waals surface area contributed by atoms with Gasteiger partial charge in [0.1, 0.15) is 0 Å². The second kappa shape index (κ2) is 7.03. The molecule has 1 saturated heterocycles. The molecule has 1 aromatic rings. The van der Waals surface area contributed by atoms with Crippen LogP contribution in [0.3, 0.4) is 0 Å². The van der Waals surface area contributed by atoms with E-state index in [0.717, 1.165) is 49.4 Å². The summed E-state index contributed by atoms with van der Waals surface area (Å²) < 4.78 is 6.07. The van der Waals surface area contributed by atoms with Crippen LogP contribution in [0.15, 0.2) is 28.7 Å². The maximum Gasteiger partial charge on any atom is 0.253 e. The molecule has 2 rings (SSSR count). The van der Waals surface area contributed by atoms with Crippen molar-refractivity contribution in [3.05, 3.63) is 34.3 Å². The number of hydrogen-bond acceptors (Lipinski definition) is 3. The van der Waals surface area contributed by atoms with E-state index in [1.54, 1.807) is 7.11 Å². The van der Waals surface area contributed by atoms with E-state index in [0.29, 0.717) is 0 Å². The minimum atomic E-state index is 0.124. The summed E-state index contributed by atoms with van der Waals surface area (Å²) in [6, 6.07) is 7.54. The zero-order valence-electron chi connectivity index (χ0n) is 11.1. The second-order valence-corrected chi connectivity index (χ2v) is 5.55. The summed E-state index contributed by atoms with van der Waals surface area (Å²) in [4.78, 5) is 16.6. The lowest BCUT2D eigenvalue weighted by molar-refractivity contribution is 0.0594. The Balaban J connectivity index is 1.87. The Bertz CT molecular complexity index is 414. The molecule has 1 aliphatic rings. The smallest absolute Gasteiger partial charge is 0.253 e. The molecule has 0 saturated carbocycles. The highest BCUT2D eigenvalue weighted by Crippen LogP contribution is 2.13. The third-order valence-corrected chi connectivity index (χ3v) is 3.89. The molecule has 0 unspecified atom stereocenters. The Morgan fingerprint density at radius 1 is 1.21 bits per heavy atom. The van der Waals surface area contributed by atoms with Crippen LogP contribution in [0, 0.1) is 0 Å². The van der Waals surface area contributed by atoms with E-state index in [-0.39, 0.29) is 5.91 Å². The summed E-state index contributed by atoms with van der Waals surface area (Å²) in [5, 5.41) is 0. The third kappa shape index (κ3) is 4.03. The van der Waals surface area contributed by atoms with Crippen molar-refractivity contribution >= 4 is 21.8 Å². The molecule has 19 heavy (non-hydrogen) atoms. The van der Waals surface area contributed by atoms with Gasteiger partial charge in [-0.25, -0.2) is 0 Å². The number of rotatable bonds is 4. The molecule has 1 fully saturated rings. The minimum Gasteiger partial charge on any atom is -0.383 e. The lowest BCUT2D eigenvalue weighted by atomic mass is 10.2. The van der Waals surface area contributed by atoms with Crippen LogP contribution in [0.2, 0.25) is 0 Å². The van der Waals surface area contributed by atoms with Crippen molar-refractivity contribution < 1.29 is 9.53 Å². The van der Waals surface area contributed by atoms with Crippen molar-refractivity contribution in [1.82, 2.24) is 9.80 Å². The Morgan fingerprint density at radius 2 is 1.84 bits per heavy atom. The molecule has 5 heteroatoms. The molecule has 1 aromatic carbocycles. The van der Waals surface area contributed by atoms with E-state index in [9.17, 15) is 4.79 Å². The van der Waals surface area contributed by atoms with E-state index >= 15 is 0 Å². The van der Waals surface area contributed by atoms with Gasteiger partial charge >= 0.3 is 0 Å². The Labute approximate surface area is 122 Å². The molecule has 0 aliphatic carbocycles. The van der Waals surface area contributed by atoms with Crippen molar-refractivity contribution in [1.29, 1.82) is 0 Å². The van der Waals surface area contributed by atoms with Crippen LogP contribution in [0.1, 0.15) is 10.4 Å². The average Bonchev–Trinajstić information content (AvgIpc) is 2.46. The number of amides is 1. The molecule has 0 bridgehead atoms. The van der Waals surface area contributed by atoms with Gasteiger partial charge < -0.3 is 9.64 Å². The fourth-order valence-electron chi connectivity index (χ4n) is 2.17. The summed E-state index contributed by atoms with van der Waals surface area (Å²) in [5.74, 6) is 0.124. The molecule has 1 amide bonds. The quantitative estimate of drug-likeness (QED) is 0.846. The zero-order chi connectivity index (χ0) is 13.7. The molecular formula is C14H19BrN2O2. The summed E-state index contributed by atoms with van der Waals surface area (Å²) in [5.41, 5.74) is 0.758. The van der Waals surface area contributed by atoms with Gasteiger partial charge in [-0.2, -0.15) is 0 Å². The first-order valence-electron chi connectivity index (χ1n) is 6.47. The standard InChI is InChI=1S/C14H19BrN2O2/c1-19-11-10-16-6-8-17(9-7-16)14(18)12-2-4-13(15)5-3-12/h2-5H,6-11H2,1H3. The Hall–Kier alpha value is -0.910. The molecule has 1 heterocycles. The number of hydrogen-bond donors (Lipinski definition) is 0. The molecule has 0 N–H and O–H groups in total. The Kier molecular flexibility index (Phi) is 5.36. The summed E-state index contributed by atoms with van der Waals surface area (Å²) >= 11 is 3.38. The highest BCUT2D eigenvalue weighted by atomic mass is 79.9. The lowest BCUT2D eigenvalue weighted by Gasteiger charge is -2.34. The van der Waals surface area contributed by atoms with E-state index in [4.69, 9.17) is 4.74 Å². The van der Waals surface area contributed by atoms with Gasteiger partial charge in [0, 0.05) is 49.9 Å². The lowest BCUT2D eigenvalue weighted by Crippen LogP contribution is -2.49. The maximum atomic E-state index is 12.3. The predicted octanol–water partition coefficient (Wildman–Crippen LogP) is 1.85. The van der Waals surface area contributed by atoms with Gasteiger partial charge in [0.05, 0.1) is 6.61 Å². The predicted molar refractivity (Wildman–Crippen MR) is 78.4 cm³/mol. The van der Waals surface area contributed by atoms with Gasteiger partial charge in [-0.1, -0.05) is 15.9 Å². The van der Waals surface area contributed by atoms with Crippen molar-refractivity contribution in [2.24, 2.45) is 0 Å². The van der Waals surface area contributed by atoms with Crippen LogP contribution in [0.25, 0.3) is 0 Å². The number of halogens is 1. The number of ether oxygens (including phenoxy) is 1. The van der Waals surface area contributed by atoms with E-state index in [2.05, 4.69) is 20.8 Å². The van der Waals surface area contributed by atoms with Crippen molar-refractivity contribution in [2.45, 2.75) is 0 Å². The minimum absolute atomic E-state index is 0.124. The highest BCUT2D eigenvalue weighted by Gasteiger charge is 2.21. The van der Waals surface area contributed by atoms with Crippen LogP contribution < -0.4 is 0 Å². The fourth-order valence-corrected chi connectivity index (χ4v) is 2.43. The average molecular weight is 327 g/mol. The van der Waals surface area contributed by atoms with Gasteiger partial charge in [0.15, 0.2) is 0 Å². The van der Waals surface area contributed by atoms with E-state index in [1.807, 2.05) is 29.2 Å². The molecule has 1 aliphatic heterocycles. The van der Waals surface area contributed by atoms with Crippen LogP contribution >= 0.6 is 15.9 Å². The zero-order valence-corrected chi connectivity index (χ0v) is 12.7. The first-order chi connectivity index (χ1) is 9.20. The molecule has 0 aromatic heterocycles. The monoisotopic (exact) mass is 326 g/mol. The van der Waals surface area contributed by atoms with Gasteiger partial charge in [-0.05, 0) is 24.3 Å². The van der Waals surface area contributed by atoms with Gasteiger partial charge in [-0.3, -0.25) is 9.69 Å². The van der Waals surface area contributed by atoms with Crippen molar-refractivity contribution in [2.75, 3.05) is 46.4 Å². The first-order valence-corrected chi connectivity index (χ1v) is 7.26. The molecule has 0 spiro atoms. The first kappa shape index (κ1) is 14.5. The topological polar surface area (TPSA) is 32.8 Å². The third-order valence-electron chi connectivity index (χ3n) is 3.36. The second-order valence-electron chi connectivity index (χ2n) is 4.63. The van der Waals surface area contributed by atoms with Crippen LogP contribution in [0.4, 0.5) is 0 Å². The van der Waals surface area contributed by atoms with E-state index < -0.39 is 0 Å². The SMILES string of the molecule is COCCN1CCN(C(=O)c2ccc(Br)cc2)CC1. The number of piperazine rings is 1. The number of nitrogens with zero attached hydrogens (tertiary/aromatic N) is 2.